The van der Waals surface area contributed by atoms with E-state index in [9.17, 15) is 18.5 Å². The molecule has 1 saturated heterocycles. The van der Waals surface area contributed by atoms with Crippen molar-refractivity contribution in [2.24, 2.45) is 0 Å². The van der Waals surface area contributed by atoms with Crippen LogP contribution in [-0.2, 0) is 15.8 Å². The van der Waals surface area contributed by atoms with Crippen LogP contribution in [0.5, 0.6) is 0 Å². The summed E-state index contributed by atoms with van der Waals surface area (Å²) >= 11 is 7.22. The summed E-state index contributed by atoms with van der Waals surface area (Å²) in [5.74, 6) is 0.539. The van der Waals surface area contributed by atoms with E-state index in [1.54, 1.807) is 12.1 Å². The minimum atomic E-state index is -3.75. The first kappa shape index (κ1) is 19.2. The molecule has 0 aromatic heterocycles. The fourth-order valence-corrected chi connectivity index (χ4v) is 5.85. The maximum absolute atomic E-state index is 13.0. The summed E-state index contributed by atoms with van der Waals surface area (Å²) < 4.78 is 27.3. The summed E-state index contributed by atoms with van der Waals surface area (Å²) in [5, 5.41) is 11.7. The monoisotopic (exact) mass is 412 g/mol. The number of nitro benzene ring substituents is 1. The fraction of sp³-hybridized carbons (Fsp3) is 0.294. The molecule has 1 aliphatic rings. The fourth-order valence-electron chi connectivity index (χ4n) is 2.74. The Morgan fingerprint density at radius 3 is 2.38 bits per heavy atom. The molecule has 0 N–H and O–H groups in total. The van der Waals surface area contributed by atoms with Crippen LogP contribution in [-0.4, -0.2) is 30.7 Å². The highest BCUT2D eigenvalue weighted by Crippen LogP contribution is 2.35. The van der Waals surface area contributed by atoms with Gasteiger partial charge < -0.3 is 0 Å². The second-order valence-electron chi connectivity index (χ2n) is 5.91. The molecule has 0 amide bonds. The first-order chi connectivity index (χ1) is 12.4. The van der Waals surface area contributed by atoms with Crippen molar-refractivity contribution < 1.29 is 13.3 Å². The molecule has 0 bridgehead atoms. The summed E-state index contributed by atoms with van der Waals surface area (Å²) in [6.45, 7) is 0.901. The summed E-state index contributed by atoms with van der Waals surface area (Å²) in [5.41, 5.74) is 0.765. The van der Waals surface area contributed by atoms with E-state index >= 15 is 0 Å². The van der Waals surface area contributed by atoms with Crippen LogP contribution in [0.2, 0.25) is 5.02 Å². The average Bonchev–Trinajstić information content (AvgIpc) is 3.16. The lowest BCUT2D eigenvalue weighted by Gasteiger charge is -2.18. The quantitative estimate of drug-likeness (QED) is 0.401. The van der Waals surface area contributed by atoms with Gasteiger partial charge in [0.2, 0.25) is 10.0 Å². The number of nitrogens with zero attached hydrogens (tertiary/aromatic N) is 2. The number of benzene rings is 2. The van der Waals surface area contributed by atoms with Crippen LogP contribution in [0.1, 0.15) is 18.4 Å². The second-order valence-corrected chi connectivity index (χ2v) is 9.27. The molecule has 0 unspecified atom stereocenters. The van der Waals surface area contributed by atoms with E-state index in [0.717, 1.165) is 24.5 Å². The molecule has 0 radical (unpaired) electrons. The molecular formula is C17H17ClN2O4S2. The molecule has 2 aromatic carbocycles. The second kappa shape index (κ2) is 7.96. The van der Waals surface area contributed by atoms with Gasteiger partial charge in [0.15, 0.2) is 0 Å². The topological polar surface area (TPSA) is 80.5 Å². The van der Waals surface area contributed by atoms with E-state index in [1.807, 2.05) is 12.1 Å². The Labute approximate surface area is 161 Å². The lowest BCUT2D eigenvalue weighted by Crippen LogP contribution is -2.28. The maximum atomic E-state index is 13.0. The molecule has 3 rings (SSSR count). The molecule has 1 fully saturated rings. The number of thioether (sulfide) groups is 1. The van der Waals surface area contributed by atoms with Crippen LogP contribution in [0.4, 0.5) is 5.69 Å². The van der Waals surface area contributed by atoms with Gasteiger partial charge in [-0.05, 0) is 36.6 Å². The zero-order valence-electron chi connectivity index (χ0n) is 13.8. The molecule has 0 atom stereocenters. The lowest BCUT2D eigenvalue weighted by atomic mass is 10.2. The van der Waals surface area contributed by atoms with E-state index < -0.39 is 14.9 Å². The van der Waals surface area contributed by atoms with Crippen molar-refractivity contribution in [3.63, 3.8) is 0 Å². The standard InChI is InChI=1S/C17H17ClN2O4S2/c18-14-5-3-13(4-6-14)12-25-16-8-7-15(20(21)22)11-17(16)26(23,24)19-9-1-2-10-19/h3-8,11H,1-2,9-10,12H2. The van der Waals surface area contributed by atoms with E-state index in [4.69, 9.17) is 11.6 Å². The van der Waals surface area contributed by atoms with E-state index in [0.29, 0.717) is 28.8 Å². The Bertz CT molecular complexity index is 911. The van der Waals surface area contributed by atoms with Crippen molar-refractivity contribution in [1.29, 1.82) is 0 Å². The zero-order chi connectivity index (χ0) is 18.7. The molecule has 1 heterocycles. The van der Waals surface area contributed by atoms with Gasteiger partial charge in [-0.3, -0.25) is 10.1 Å². The highest BCUT2D eigenvalue weighted by atomic mass is 35.5. The van der Waals surface area contributed by atoms with Crippen molar-refractivity contribution in [3.8, 4) is 0 Å². The van der Waals surface area contributed by atoms with E-state index in [-0.39, 0.29) is 10.6 Å². The van der Waals surface area contributed by atoms with Crippen LogP contribution < -0.4 is 0 Å². The maximum Gasteiger partial charge on any atom is 0.270 e. The number of halogens is 1. The van der Waals surface area contributed by atoms with Crippen molar-refractivity contribution in [1.82, 2.24) is 4.31 Å². The van der Waals surface area contributed by atoms with Gasteiger partial charge in [0, 0.05) is 40.9 Å². The molecule has 1 aliphatic heterocycles. The third-order valence-corrected chi connectivity index (χ3v) is 7.59. The number of rotatable bonds is 6. The van der Waals surface area contributed by atoms with Gasteiger partial charge in [-0.1, -0.05) is 23.7 Å². The number of hydrogen-bond donors (Lipinski definition) is 0. The Kier molecular flexibility index (Phi) is 5.86. The number of sulfonamides is 1. The first-order valence-corrected chi connectivity index (χ1v) is 10.8. The Morgan fingerprint density at radius 1 is 1.12 bits per heavy atom. The molecule has 0 spiro atoms. The number of hydrogen-bond acceptors (Lipinski definition) is 5. The van der Waals surface area contributed by atoms with E-state index in [2.05, 4.69) is 0 Å². The number of non-ortho nitro benzene ring substituents is 1. The summed E-state index contributed by atoms with van der Waals surface area (Å²) in [6.07, 6.45) is 1.61. The summed E-state index contributed by atoms with van der Waals surface area (Å²) in [6, 6.07) is 11.3. The highest BCUT2D eigenvalue weighted by molar-refractivity contribution is 7.99. The number of nitro groups is 1. The van der Waals surface area contributed by atoms with Gasteiger partial charge in [-0.25, -0.2) is 8.42 Å². The van der Waals surface area contributed by atoms with Gasteiger partial charge in [0.05, 0.1) is 4.92 Å². The Morgan fingerprint density at radius 2 is 1.77 bits per heavy atom. The minimum Gasteiger partial charge on any atom is -0.258 e. The van der Waals surface area contributed by atoms with Crippen LogP contribution in [0.3, 0.4) is 0 Å². The van der Waals surface area contributed by atoms with Crippen molar-refractivity contribution in [2.45, 2.75) is 28.4 Å². The SMILES string of the molecule is O=[N+]([O-])c1ccc(SCc2ccc(Cl)cc2)c(S(=O)(=O)N2CCCC2)c1. The molecule has 9 heteroatoms. The molecule has 138 valence electrons. The smallest absolute Gasteiger partial charge is 0.258 e. The third kappa shape index (κ3) is 4.20. The minimum absolute atomic E-state index is 0.00700. The van der Waals surface area contributed by atoms with Gasteiger partial charge in [0.25, 0.3) is 5.69 Å². The van der Waals surface area contributed by atoms with Crippen molar-refractivity contribution >= 4 is 39.1 Å². The normalized spacial score (nSPS) is 15.3. The van der Waals surface area contributed by atoms with Gasteiger partial charge >= 0.3 is 0 Å². The predicted octanol–water partition coefficient (Wildman–Crippen LogP) is 4.33. The lowest BCUT2D eigenvalue weighted by molar-refractivity contribution is -0.385. The van der Waals surface area contributed by atoms with Gasteiger partial charge in [-0.15, -0.1) is 11.8 Å². The molecule has 0 aliphatic carbocycles. The molecule has 2 aromatic rings. The molecular weight excluding hydrogens is 396 g/mol. The van der Waals surface area contributed by atoms with E-state index in [1.165, 1.54) is 28.2 Å². The van der Waals surface area contributed by atoms with Gasteiger partial charge in [0.1, 0.15) is 4.90 Å². The molecule has 0 saturated carbocycles. The Balaban J connectivity index is 1.93. The third-order valence-electron chi connectivity index (χ3n) is 4.13. The molecule has 26 heavy (non-hydrogen) atoms. The van der Waals surface area contributed by atoms with Crippen molar-refractivity contribution in [2.75, 3.05) is 13.1 Å². The van der Waals surface area contributed by atoms with Gasteiger partial charge in [-0.2, -0.15) is 4.31 Å². The van der Waals surface area contributed by atoms with Crippen molar-refractivity contribution in [3.05, 3.63) is 63.2 Å². The first-order valence-electron chi connectivity index (χ1n) is 8.04. The zero-order valence-corrected chi connectivity index (χ0v) is 16.2. The largest absolute Gasteiger partial charge is 0.270 e. The highest BCUT2D eigenvalue weighted by Gasteiger charge is 2.31. The van der Waals surface area contributed by atoms with Crippen LogP contribution in [0.25, 0.3) is 0 Å². The van der Waals surface area contributed by atoms with Crippen LogP contribution in [0, 0.1) is 10.1 Å². The molecule has 6 nitrogen and oxygen atoms in total. The van der Waals surface area contributed by atoms with Crippen LogP contribution in [0.15, 0.2) is 52.3 Å². The summed E-state index contributed by atoms with van der Waals surface area (Å²) in [7, 11) is -3.75. The summed E-state index contributed by atoms with van der Waals surface area (Å²) in [4.78, 5) is 11.0. The predicted molar refractivity (Wildman–Crippen MR) is 102 cm³/mol. The Hall–Kier alpha value is -1.61. The average molecular weight is 413 g/mol. The van der Waals surface area contributed by atoms with Crippen LogP contribution >= 0.6 is 23.4 Å².